The molecule has 0 amide bonds. The van der Waals surface area contributed by atoms with Crippen molar-refractivity contribution in [3.63, 3.8) is 0 Å². The Morgan fingerprint density at radius 2 is 1.77 bits per heavy atom. The Morgan fingerprint density at radius 3 is 2.41 bits per heavy atom. The topological polar surface area (TPSA) is 26.3 Å². The van der Waals surface area contributed by atoms with Crippen molar-refractivity contribution in [2.75, 3.05) is 0 Å². The highest BCUT2D eigenvalue weighted by Crippen LogP contribution is 2.25. The lowest BCUT2D eigenvalue weighted by molar-refractivity contribution is 0.109. The van der Waals surface area contributed by atoms with Gasteiger partial charge in [-0.05, 0) is 71.4 Å². The molecule has 0 radical (unpaired) electrons. The predicted octanol–water partition coefficient (Wildman–Crippen LogP) is 5.29. The average Bonchev–Trinajstić information content (AvgIpc) is 2.49. The second-order valence-corrected chi connectivity index (χ2v) is 6.28. The Hall–Kier alpha value is -1.61. The zero-order valence-corrected chi connectivity index (χ0v) is 15.1. The molecule has 0 N–H and O–H groups in total. The normalized spacial score (nSPS) is 10.6. The Morgan fingerprint density at radius 1 is 1.09 bits per heavy atom. The van der Waals surface area contributed by atoms with Crippen LogP contribution < -0.4 is 4.74 Å². The third-order valence-corrected chi connectivity index (χ3v) is 4.46. The molecule has 0 aromatic heterocycles. The minimum absolute atomic E-state index is 0.0989. The van der Waals surface area contributed by atoms with Crippen molar-refractivity contribution in [3.8, 4) is 5.75 Å². The molecule has 0 heterocycles. The minimum atomic E-state index is -0.0989. The van der Waals surface area contributed by atoms with E-state index in [-0.39, 0.29) is 4.69 Å². The third-order valence-electron chi connectivity index (χ3n) is 4.03. The fourth-order valence-electron chi connectivity index (χ4n) is 2.56. The van der Waals surface area contributed by atoms with Gasteiger partial charge in [-0.3, -0.25) is 4.79 Å². The highest BCUT2D eigenvalue weighted by Gasteiger charge is 2.13. The molecule has 0 fully saturated rings. The van der Waals surface area contributed by atoms with E-state index in [4.69, 9.17) is 4.74 Å². The van der Waals surface area contributed by atoms with Gasteiger partial charge in [0.1, 0.15) is 12.4 Å². The van der Waals surface area contributed by atoms with Crippen molar-refractivity contribution in [1.82, 2.24) is 0 Å². The molecule has 0 aliphatic rings. The van der Waals surface area contributed by atoms with Gasteiger partial charge in [0, 0.05) is 11.1 Å². The zero-order valence-electron chi connectivity index (χ0n) is 13.5. The van der Waals surface area contributed by atoms with Crippen molar-refractivity contribution in [2.45, 2.75) is 40.7 Å². The maximum absolute atomic E-state index is 11.8. The second kappa shape index (κ2) is 7.10. The van der Waals surface area contributed by atoms with E-state index >= 15 is 0 Å². The summed E-state index contributed by atoms with van der Waals surface area (Å²) in [6.07, 6.45) is 0.874. The maximum atomic E-state index is 11.8. The van der Waals surface area contributed by atoms with E-state index in [0.29, 0.717) is 12.2 Å². The molecule has 2 nitrogen and oxygen atoms in total. The van der Waals surface area contributed by atoms with E-state index in [2.05, 4.69) is 48.8 Å². The number of carbonyl (C=O) groups excluding carboxylic acids is 1. The van der Waals surface area contributed by atoms with Gasteiger partial charge in [0.05, 0.1) is 0 Å². The van der Waals surface area contributed by atoms with Gasteiger partial charge < -0.3 is 4.74 Å². The van der Waals surface area contributed by atoms with E-state index in [1.165, 1.54) is 11.1 Å². The summed E-state index contributed by atoms with van der Waals surface area (Å²) in [5.41, 5.74) is 6.37. The molecule has 116 valence electrons. The summed E-state index contributed by atoms with van der Waals surface area (Å²) < 4.78 is 5.92. The van der Waals surface area contributed by atoms with Gasteiger partial charge in [-0.1, -0.05) is 31.2 Å². The summed E-state index contributed by atoms with van der Waals surface area (Å²) in [5, 5.41) is 0. The minimum Gasteiger partial charge on any atom is -0.489 e. The Balaban J connectivity index is 2.32. The van der Waals surface area contributed by atoms with Crippen molar-refractivity contribution in [1.29, 1.82) is 0 Å². The lowest BCUT2D eigenvalue weighted by Crippen LogP contribution is -2.07. The summed E-state index contributed by atoms with van der Waals surface area (Å²) in [6, 6.07) is 9.99. The fourth-order valence-corrected chi connectivity index (χ4v) is 2.93. The van der Waals surface area contributed by atoms with Gasteiger partial charge in [-0.2, -0.15) is 0 Å². The van der Waals surface area contributed by atoms with Crippen LogP contribution in [0.25, 0.3) is 0 Å². The Kier molecular flexibility index (Phi) is 5.41. The zero-order chi connectivity index (χ0) is 16.3. The number of aryl methyl sites for hydroxylation is 4. The first-order valence-corrected chi connectivity index (χ1v) is 8.24. The number of halogens is 1. The molecule has 0 atom stereocenters. The molecule has 3 heteroatoms. The Labute approximate surface area is 140 Å². The van der Waals surface area contributed by atoms with E-state index in [1.807, 2.05) is 25.1 Å². The van der Waals surface area contributed by atoms with Crippen LogP contribution in [-0.4, -0.2) is 4.69 Å². The number of benzene rings is 2. The van der Waals surface area contributed by atoms with Crippen LogP contribution in [-0.2, 0) is 13.0 Å². The van der Waals surface area contributed by atoms with E-state index in [0.717, 1.165) is 28.9 Å². The summed E-state index contributed by atoms with van der Waals surface area (Å²) in [5.74, 6) is 0.877. The summed E-state index contributed by atoms with van der Waals surface area (Å²) >= 11 is 3.06. The predicted molar refractivity (Wildman–Crippen MR) is 94.1 cm³/mol. The second-order valence-electron chi connectivity index (χ2n) is 5.56. The van der Waals surface area contributed by atoms with Crippen molar-refractivity contribution in [3.05, 3.63) is 63.7 Å². The third kappa shape index (κ3) is 3.58. The number of carbonyl (C=O) groups is 1. The largest absolute Gasteiger partial charge is 0.489 e. The van der Waals surface area contributed by atoms with Crippen LogP contribution in [0.1, 0.15) is 45.1 Å². The molecular formula is C19H21BrO2. The van der Waals surface area contributed by atoms with Gasteiger partial charge >= 0.3 is 0 Å². The average molecular weight is 361 g/mol. The first-order valence-electron chi connectivity index (χ1n) is 7.45. The summed E-state index contributed by atoms with van der Waals surface area (Å²) in [4.78, 5) is 11.8. The van der Waals surface area contributed by atoms with E-state index < -0.39 is 0 Å². The molecule has 0 saturated heterocycles. The molecule has 2 aromatic carbocycles. The van der Waals surface area contributed by atoms with Crippen LogP contribution in [0.15, 0.2) is 30.3 Å². The standard InChI is InChI=1S/C19H21BrO2/c1-5-15-7-6-8-16(19(20)21)17(15)11-22-18-10-13(3)12(2)9-14(18)4/h6-10H,5,11H2,1-4H3. The summed E-state index contributed by atoms with van der Waals surface area (Å²) in [6.45, 7) is 8.71. The fraction of sp³-hybridized carbons (Fsp3) is 0.316. The quantitative estimate of drug-likeness (QED) is 0.677. The molecule has 0 saturated carbocycles. The van der Waals surface area contributed by atoms with Gasteiger partial charge in [0.15, 0.2) is 0 Å². The number of rotatable bonds is 5. The number of hydrogen-bond acceptors (Lipinski definition) is 2. The van der Waals surface area contributed by atoms with Gasteiger partial charge in [-0.25, -0.2) is 0 Å². The monoisotopic (exact) mass is 360 g/mol. The molecule has 22 heavy (non-hydrogen) atoms. The molecule has 0 aliphatic carbocycles. The van der Waals surface area contributed by atoms with Crippen LogP contribution in [0.3, 0.4) is 0 Å². The highest BCUT2D eigenvalue weighted by atomic mass is 79.9. The molecule has 0 spiro atoms. The van der Waals surface area contributed by atoms with Gasteiger partial charge in [0.2, 0.25) is 4.69 Å². The first-order chi connectivity index (χ1) is 10.4. The lowest BCUT2D eigenvalue weighted by atomic mass is 10.0. The van der Waals surface area contributed by atoms with Crippen LogP contribution in [0.4, 0.5) is 0 Å². The number of hydrogen-bond donors (Lipinski definition) is 0. The van der Waals surface area contributed by atoms with Crippen LogP contribution >= 0.6 is 15.9 Å². The van der Waals surface area contributed by atoms with Crippen LogP contribution in [0.5, 0.6) is 5.75 Å². The Bertz CT molecular complexity index is 705. The van der Waals surface area contributed by atoms with Crippen molar-refractivity contribution in [2.24, 2.45) is 0 Å². The molecule has 0 bridgehead atoms. The molecule has 0 unspecified atom stereocenters. The van der Waals surface area contributed by atoms with Crippen LogP contribution in [0.2, 0.25) is 0 Å². The molecule has 2 rings (SSSR count). The summed E-state index contributed by atoms with van der Waals surface area (Å²) in [7, 11) is 0. The lowest BCUT2D eigenvalue weighted by Gasteiger charge is -2.15. The van der Waals surface area contributed by atoms with Gasteiger partial charge in [0.25, 0.3) is 0 Å². The smallest absolute Gasteiger partial charge is 0.228 e. The molecule has 2 aromatic rings. The first kappa shape index (κ1) is 16.8. The molecule has 0 aliphatic heterocycles. The highest BCUT2D eigenvalue weighted by molar-refractivity contribution is 9.18. The van der Waals surface area contributed by atoms with Crippen molar-refractivity contribution < 1.29 is 9.53 Å². The number of ether oxygens (including phenoxy) is 1. The van der Waals surface area contributed by atoms with E-state index in [9.17, 15) is 4.79 Å². The van der Waals surface area contributed by atoms with Crippen LogP contribution in [0, 0.1) is 20.8 Å². The SMILES string of the molecule is CCc1cccc(C(=O)Br)c1COc1cc(C)c(C)cc1C. The molecular weight excluding hydrogens is 340 g/mol. The maximum Gasteiger partial charge on any atom is 0.228 e. The van der Waals surface area contributed by atoms with Gasteiger partial charge in [-0.15, -0.1) is 0 Å². The van der Waals surface area contributed by atoms with Crippen molar-refractivity contribution >= 4 is 20.6 Å². The van der Waals surface area contributed by atoms with E-state index in [1.54, 1.807) is 0 Å².